The Hall–Kier alpha value is -4.01. The van der Waals surface area contributed by atoms with Gasteiger partial charge in [-0.1, -0.05) is 18.2 Å². The molecule has 1 aromatic heterocycles. The Balaban J connectivity index is 1.44. The van der Waals surface area contributed by atoms with Gasteiger partial charge < -0.3 is 15.0 Å². The summed E-state index contributed by atoms with van der Waals surface area (Å²) in [5.41, 5.74) is 1.94. The largest absolute Gasteiger partial charge is 0.496 e. The van der Waals surface area contributed by atoms with Crippen LogP contribution in [-0.2, 0) is 4.79 Å². The predicted octanol–water partition coefficient (Wildman–Crippen LogP) is 3.92. The lowest BCUT2D eigenvalue weighted by Crippen LogP contribution is -2.41. The number of nitrogens with one attached hydrogen (secondary N) is 1. The number of rotatable bonds is 6. The summed E-state index contributed by atoms with van der Waals surface area (Å²) >= 11 is 0. The molecule has 1 atom stereocenters. The van der Waals surface area contributed by atoms with Crippen molar-refractivity contribution in [3.05, 3.63) is 70.8 Å². The number of benzene rings is 2. The van der Waals surface area contributed by atoms with Crippen molar-refractivity contribution in [3.63, 3.8) is 0 Å². The maximum Gasteiger partial charge on any atom is 0.271 e. The number of ether oxygens (including phenoxy) is 1. The van der Waals surface area contributed by atoms with Gasteiger partial charge in [0.05, 0.1) is 23.6 Å². The average Bonchev–Trinajstić information content (AvgIpc) is 2.84. The quantitative estimate of drug-likeness (QED) is 0.463. The zero-order valence-electron chi connectivity index (χ0n) is 17.6. The van der Waals surface area contributed by atoms with Crippen LogP contribution in [0, 0.1) is 16.0 Å². The lowest BCUT2D eigenvalue weighted by molar-refractivity contribution is -0.384. The summed E-state index contributed by atoms with van der Waals surface area (Å²) in [6.07, 6.45) is 1.58. The molecule has 0 radical (unpaired) electrons. The van der Waals surface area contributed by atoms with Gasteiger partial charge in [0.2, 0.25) is 5.91 Å². The predicted molar refractivity (Wildman–Crippen MR) is 121 cm³/mol. The van der Waals surface area contributed by atoms with Crippen LogP contribution in [0.15, 0.2) is 60.7 Å². The van der Waals surface area contributed by atoms with Crippen LogP contribution in [0.5, 0.6) is 5.75 Å². The molecule has 4 rings (SSSR count). The van der Waals surface area contributed by atoms with Gasteiger partial charge in [0.1, 0.15) is 5.75 Å². The van der Waals surface area contributed by atoms with E-state index in [1.165, 1.54) is 12.1 Å². The fourth-order valence-electron chi connectivity index (χ4n) is 3.83. The van der Waals surface area contributed by atoms with Gasteiger partial charge in [-0.15, -0.1) is 10.2 Å². The fraction of sp³-hybridized carbons (Fsp3) is 0.261. The molecule has 1 fully saturated rings. The summed E-state index contributed by atoms with van der Waals surface area (Å²) in [6.45, 7) is 1.28. The number of nitro groups is 1. The summed E-state index contributed by atoms with van der Waals surface area (Å²) in [6, 6.07) is 17.4. The Kier molecular flexibility index (Phi) is 6.25. The second-order valence-corrected chi connectivity index (χ2v) is 7.56. The van der Waals surface area contributed by atoms with Crippen molar-refractivity contribution in [3.8, 4) is 17.0 Å². The lowest BCUT2D eigenvalue weighted by Gasteiger charge is -2.32. The van der Waals surface area contributed by atoms with Gasteiger partial charge in [0, 0.05) is 36.5 Å². The lowest BCUT2D eigenvalue weighted by atomic mass is 9.97. The summed E-state index contributed by atoms with van der Waals surface area (Å²) in [5, 5.41) is 22.5. The molecule has 0 spiro atoms. The molecule has 3 aromatic rings. The van der Waals surface area contributed by atoms with Crippen LogP contribution in [0.3, 0.4) is 0 Å². The van der Waals surface area contributed by atoms with E-state index in [1.807, 2.05) is 41.3 Å². The van der Waals surface area contributed by atoms with Crippen LogP contribution in [0.25, 0.3) is 11.3 Å². The molecule has 1 aliphatic heterocycles. The van der Waals surface area contributed by atoms with E-state index in [1.54, 1.807) is 19.2 Å². The highest BCUT2D eigenvalue weighted by molar-refractivity contribution is 5.93. The van der Waals surface area contributed by atoms with Gasteiger partial charge in [0.25, 0.3) is 5.69 Å². The minimum absolute atomic E-state index is 0.0570. The molecule has 2 aromatic carbocycles. The zero-order valence-corrected chi connectivity index (χ0v) is 17.6. The molecule has 1 amide bonds. The first-order valence-electron chi connectivity index (χ1n) is 10.3. The summed E-state index contributed by atoms with van der Waals surface area (Å²) in [7, 11) is 1.62. The molecule has 0 aliphatic carbocycles. The molecule has 2 heterocycles. The molecular formula is C23H23N5O4. The third-order valence-corrected chi connectivity index (χ3v) is 5.47. The van der Waals surface area contributed by atoms with Crippen molar-refractivity contribution >= 4 is 23.1 Å². The monoisotopic (exact) mass is 433 g/mol. The van der Waals surface area contributed by atoms with E-state index < -0.39 is 4.92 Å². The summed E-state index contributed by atoms with van der Waals surface area (Å²) < 4.78 is 5.40. The average molecular weight is 433 g/mol. The smallest absolute Gasteiger partial charge is 0.271 e. The fourth-order valence-corrected chi connectivity index (χ4v) is 3.83. The first-order valence-corrected chi connectivity index (χ1v) is 10.3. The Morgan fingerprint density at radius 1 is 1.16 bits per heavy atom. The highest BCUT2D eigenvalue weighted by Gasteiger charge is 2.27. The number of hydrogen-bond acceptors (Lipinski definition) is 7. The van der Waals surface area contributed by atoms with Crippen LogP contribution in [-0.4, -0.2) is 41.2 Å². The first kappa shape index (κ1) is 21.2. The van der Waals surface area contributed by atoms with Gasteiger partial charge in [-0.25, -0.2) is 0 Å². The topological polar surface area (TPSA) is 110 Å². The van der Waals surface area contributed by atoms with E-state index in [0.717, 1.165) is 30.7 Å². The van der Waals surface area contributed by atoms with Crippen molar-refractivity contribution in [2.45, 2.75) is 12.8 Å². The second-order valence-electron chi connectivity index (χ2n) is 7.56. The van der Waals surface area contributed by atoms with Crippen LogP contribution in [0.1, 0.15) is 12.8 Å². The van der Waals surface area contributed by atoms with Crippen LogP contribution in [0.4, 0.5) is 17.2 Å². The summed E-state index contributed by atoms with van der Waals surface area (Å²) in [4.78, 5) is 25.3. The number of non-ortho nitro benzene ring substituents is 1. The van der Waals surface area contributed by atoms with Crippen LogP contribution in [0.2, 0.25) is 0 Å². The Bertz CT molecular complexity index is 1120. The first-order chi connectivity index (χ1) is 15.5. The van der Waals surface area contributed by atoms with Gasteiger partial charge in [-0.3, -0.25) is 14.9 Å². The van der Waals surface area contributed by atoms with Crippen molar-refractivity contribution in [1.29, 1.82) is 0 Å². The van der Waals surface area contributed by atoms with Crippen molar-refractivity contribution in [2.24, 2.45) is 5.92 Å². The number of carbonyl (C=O) groups is 1. The van der Waals surface area contributed by atoms with Gasteiger partial charge in [0.15, 0.2) is 5.82 Å². The Morgan fingerprint density at radius 2 is 2.00 bits per heavy atom. The number of amides is 1. The number of carbonyl (C=O) groups excluding carboxylic acids is 1. The molecule has 1 saturated heterocycles. The standard InChI is InChI=1S/C23H23N5O4/c1-32-21-10-3-2-9-19(21)20-11-12-22(26-25-20)27-13-5-6-16(15-27)23(29)24-17-7-4-8-18(14-17)28(30)31/h2-4,7-12,14,16H,5-6,13,15H2,1H3,(H,24,29). The van der Waals surface area contributed by atoms with E-state index in [2.05, 4.69) is 15.5 Å². The van der Waals surface area contributed by atoms with Crippen LogP contribution < -0.4 is 15.0 Å². The van der Waals surface area contributed by atoms with Gasteiger partial charge in [-0.05, 0) is 43.2 Å². The highest BCUT2D eigenvalue weighted by Crippen LogP contribution is 2.29. The number of aromatic nitrogens is 2. The van der Waals surface area contributed by atoms with Crippen molar-refractivity contribution < 1.29 is 14.5 Å². The van der Waals surface area contributed by atoms with E-state index in [0.29, 0.717) is 23.7 Å². The third kappa shape index (κ3) is 4.66. The number of anilines is 2. The Labute approximate surface area is 185 Å². The molecule has 1 unspecified atom stereocenters. The van der Waals surface area contributed by atoms with E-state index in [4.69, 9.17) is 4.74 Å². The second kappa shape index (κ2) is 9.42. The number of nitro benzene ring substituents is 1. The van der Waals surface area contributed by atoms with Crippen molar-refractivity contribution in [1.82, 2.24) is 10.2 Å². The molecule has 1 aliphatic rings. The van der Waals surface area contributed by atoms with Gasteiger partial charge in [-0.2, -0.15) is 0 Å². The Morgan fingerprint density at radius 3 is 2.75 bits per heavy atom. The molecular weight excluding hydrogens is 410 g/mol. The SMILES string of the molecule is COc1ccccc1-c1ccc(N2CCCC(C(=O)Nc3cccc([N+](=O)[O-])c3)C2)nn1. The maximum absolute atomic E-state index is 12.8. The third-order valence-electron chi connectivity index (χ3n) is 5.47. The minimum Gasteiger partial charge on any atom is -0.496 e. The molecule has 9 heteroatoms. The minimum atomic E-state index is -0.481. The molecule has 1 N–H and O–H groups in total. The number of methoxy groups -OCH3 is 1. The van der Waals surface area contributed by atoms with E-state index in [-0.39, 0.29) is 17.5 Å². The number of hydrogen-bond donors (Lipinski definition) is 1. The normalized spacial score (nSPS) is 15.8. The molecule has 9 nitrogen and oxygen atoms in total. The summed E-state index contributed by atoms with van der Waals surface area (Å²) in [5.74, 6) is 1.02. The van der Waals surface area contributed by atoms with Crippen molar-refractivity contribution in [2.75, 3.05) is 30.4 Å². The zero-order chi connectivity index (χ0) is 22.5. The van der Waals surface area contributed by atoms with E-state index in [9.17, 15) is 14.9 Å². The molecule has 0 bridgehead atoms. The number of nitrogens with zero attached hydrogens (tertiary/aromatic N) is 4. The number of piperidine rings is 1. The maximum atomic E-state index is 12.8. The number of para-hydroxylation sites is 1. The van der Waals surface area contributed by atoms with Crippen LogP contribution >= 0.6 is 0 Å². The van der Waals surface area contributed by atoms with Gasteiger partial charge >= 0.3 is 0 Å². The molecule has 164 valence electrons. The molecule has 32 heavy (non-hydrogen) atoms. The highest BCUT2D eigenvalue weighted by atomic mass is 16.6. The van der Waals surface area contributed by atoms with E-state index >= 15 is 0 Å². The molecule has 0 saturated carbocycles.